The third-order valence-corrected chi connectivity index (χ3v) is 7.16. The normalized spacial score (nSPS) is 19.0. The maximum Gasteiger partial charge on any atom is 0.250 e. The lowest BCUT2D eigenvalue weighted by atomic mass is 9.91. The lowest BCUT2D eigenvalue weighted by Crippen LogP contribution is -2.46. The van der Waals surface area contributed by atoms with Crippen molar-refractivity contribution in [2.75, 3.05) is 25.0 Å². The number of nitrogens with one attached hydrogen (secondary N) is 1. The molecule has 3 aromatic carbocycles. The molecule has 1 amide bonds. The number of aryl methyl sites for hydroxylation is 2. The molecule has 1 saturated heterocycles. The molecule has 0 aromatic heterocycles. The van der Waals surface area contributed by atoms with E-state index in [1.807, 2.05) is 60.2 Å². The zero-order chi connectivity index (χ0) is 24.5. The van der Waals surface area contributed by atoms with Gasteiger partial charge in [0.2, 0.25) is 5.91 Å². The Bertz CT molecular complexity index is 1250. The van der Waals surface area contributed by atoms with Gasteiger partial charge in [-0.05, 0) is 85.8 Å². The Balaban J connectivity index is 1.60. The first-order chi connectivity index (χ1) is 16.9. The van der Waals surface area contributed by atoms with Crippen molar-refractivity contribution in [3.8, 4) is 11.1 Å². The molecule has 2 aliphatic heterocycles. The van der Waals surface area contributed by atoms with Crippen molar-refractivity contribution in [3.05, 3.63) is 82.4 Å². The van der Waals surface area contributed by atoms with E-state index < -0.39 is 6.04 Å². The van der Waals surface area contributed by atoms with E-state index in [0.717, 1.165) is 58.6 Å². The van der Waals surface area contributed by atoms with E-state index in [1.165, 1.54) is 0 Å². The SMILES string of the molecule is Cc1cc(Cl)cc(N2C=Nc3cc(C)c(-c4ccccc4)cc3C2C(=O)N(C)C[C@@H]2CCCN2)c1. The summed E-state index contributed by atoms with van der Waals surface area (Å²) in [6.07, 6.45) is 4.02. The minimum Gasteiger partial charge on any atom is -0.342 e. The number of benzene rings is 3. The van der Waals surface area contributed by atoms with Crippen molar-refractivity contribution in [2.24, 2.45) is 4.99 Å². The first-order valence-electron chi connectivity index (χ1n) is 12.2. The fourth-order valence-electron chi connectivity index (χ4n) is 5.19. The molecule has 2 atom stereocenters. The molecular formula is C29H31ClN4O. The van der Waals surface area contributed by atoms with Crippen molar-refractivity contribution in [3.63, 3.8) is 0 Å². The Hall–Kier alpha value is -3.15. The molecule has 1 N–H and O–H groups in total. The van der Waals surface area contributed by atoms with Gasteiger partial charge in [0.15, 0.2) is 0 Å². The number of nitrogens with zero attached hydrogens (tertiary/aromatic N) is 3. The van der Waals surface area contributed by atoms with Crippen molar-refractivity contribution in [2.45, 2.75) is 38.8 Å². The summed E-state index contributed by atoms with van der Waals surface area (Å²) in [5, 5.41) is 4.15. The van der Waals surface area contributed by atoms with Crippen LogP contribution in [0.4, 0.5) is 11.4 Å². The molecule has 35 heavy (non-hydrogen) atoms. The molecule has 0 spiro atoms. The van der Waals surface area contributed by atoms with Crippen LogP contribution in [0, 0.1) is 13.8 Å². The molecule has 2 aliphatic rings. The predicted molar refractivity (Wildman–Crippen MR) is 145 cm³/mol. The third-order valence-electron chi connectivity index (χ3n) is 6.94. The van der Waals surface area contributed by atoms with Crippen LogP contribution in [0.1, 0.15) is 35.6 Å². The van der Waals surface area contributed by atoms with Gasteiger partial charge in [0, 0.05) is 35.9 Å². The summed E-state index contributed by atoms with van der Waals surface area (Å²) in [5.74, 6) is 0.0478. The standard InChI is InChI=1S/C29H31ClN4O/c1-19-12-22(30)15-24(13-19)34-18-32-27-14-20(2)25(21-8-5-4-6-9-21)16-26(27)28(34)29(35)33(3)17-23-10-7-11-31-23/h4-6,8-9,12-16,18,23,28,31H,7,10-11,17H2,1-3H3/t23-,28?/m0/s1. The van der Waals surface area contributed by atoms with Gasteiger partial charge in [-0.25, -0.2) is 4.99 Å². The number of rotatable bonds is 5. The van der Waals surface area contributed by atoms with Crippen LogP contribution < -0.4 is 10.2 Å². The highest BCUT2D eigenvalue weighted by Gasteiger charge is 2.35. The Morgan fingerprint density at radius 3 is 2.66 bits per heavy atom. The van der Waals surface area contributed by atoms with E-state index in [9.17, 15) is 4.79 Å². The summed E-state index contributed by atoms with van der Waals surface area (Å²) in [7, 11) is 1.90. The molecule has 6 heteroatoms. The molecule has 180 valence electrons. The Labute approximate surface area is 212 Å². The quantitative estimate of drug-likeness (QED) is 0.477. The largest absolute Gasteiger partial charge is 0.342 e. The van der Waals surface area contributed by atoms with Gasteiger partial charge in [0.25, 0.3) is 0 Å². The van der Waals surface area contributed by atoms with E-state index in [4.69, 9.17) is 16.6 Å². The molecule has 3 aromatic rings. The average molecular weight is 487 g/mol. The van der Waals surface area contributed by atoms with Crippen molar-refractivity contribution in [1.29, 1.82) is 0 Å². The lowest BCUT2D eigenvalue weighted by molar-refractivity contribution is -0.131. The second-order valence-electron chi connectivity index (χ2n) is 9.65. The number of hydrogen-bond donors (Lipinski definition) is 1. The number of amides is 1. The molecule has 5 nitrogen and oxygen atoms in total. The van der Waals surface area contributed by atoms with Crippen LogP contribution in [0.5, 0.6) is 0 Å². The van der Waals surface area contributed by atoms with Crippen LogP contribution in [-0.2, 0) is 4.79 Å². The van der Waals surface area contributed by atoms with Crippen molar-refractivity contribution < 1.29 is 4.79 Å². The summed E-state index contributed by atoms with van der Waals surface area (Å²) in [4.78, 5) is 22.7. The molecule has 2 heterocycles. The predicted octanol–water partition coefficient (Wildman–Crippen LogP) is 6.06. The molecule has 0 aliphatic carbocycles. The minimum atomic E-state index is -0.533. The lowest BCUT2D eigenvalue weighted by Gasteiger charge is -2.36. The first kappa shape index (κ1) is 23.6. The zero-order valence-corrected chi connectivity index (χ0v) is 21.2. The van der Waals surface area contributed by atoms with Gasteiger partial charge in [-0.2, -0.15) is 0 Å². The van der Waals surface area contributed by atoms with Crippen LogP contribution in [0.15, 0.2) is 65.7 Å². The summed E-state index contributed by atoms with van der Waals surface area (Å²) >= 11 is 6.42. The molecule has 1 fully saturated rings. The first-order valence-corrected chi connectivity index (χ1v) is 12.6. The van der Waals surface area contributed by atoms with Crippen molar-refractivity contribution in [1.82, 2.24) is 10.2 Å². The van der Waals surface area contributed by atoms with Gasteiger partial charge >= 0.3 is 0 Å². The number of halogens is 1. The highest BCUT2D eigenvalue weighted by molar-refractivity contribution is 6.31. The van der Waals surface area contributed by atoms with Crippen LogP contribution in [0.25, 0.3) is 11.1 Å². The second kappa shape index (κ2) is 9.84. The highest BCUT2D eigenvalue weighted by Crippen LogP contribution is 2.41. The number of hydrogen-bond acceptors (Lipinski definition) is 4. The molecule has 1 unspecified atom stereocenters. The number of fused-ring (bicyclic) bond motifs is 1. The number of likely N-dealkylation sites (N-methyl/N-ethyl adjacent to an activating group) is 1. The van der Waals surface area contributed by atoms with Gasteiger partial charge in [0.1, 0.15) is 6.04 Å². The monoisotopic (exact) mass is 486 g/mol. The van der Waals surface area contributed by atoms with E-state index in [-0.39, 0.29) is 5.91 Å². The van der Waals surface area contributed by atoms with Crippen LogP contribution in [0.3, 0.4) is 0 Å². The van der Waals surface area contributed by atoms with Gasteiger partial charge in [0.05, 0.1) is 12.0 Å². The maximum absolute atomic E-state index is 14.1. The van der Waals surface area contributed by atoms with Gasteiger partial charge in [-0.3, -0.25) is 4.79 Å². The zero-order valence-electron chi connectivity index (χ0n) is 20.5. The Kier molecular flexibility index (Phi) is 6.63. The molecule has 0 radical (unpaired) electrons. The molecular weight excluding hydrogens is 456 g/mol. The molecule has 0 saturated carbocycles. The highest BCUT2D eigenvalue weighted by atomic mass is 35.5. The van der Waals surface area contributed by atoms with Crippen LogP contribution in [-0.4, -0.2) is 43.3 Å². The number of aliphatic imine (C=N–C) groups is 1. The third kappa shape index (κ3) is 4.84. The van der Waals surface area contributed by atoms with Crippen molar-refractivity contribution >= 4 is 35.2 Å². The van der Waals surface area contributed by atoms with E-state index in [2.05, 4.69) is 36.5 Å². The van der Waals surface area contributed by atoms with Gasteiger partial charge in [-0.1, -0.05) is 41.9 Å². The fourth-order valence-corrected chi connectivity index (χ4v) is 5.47. The van der Waals surface area contributed by atoms with Crippen LogP contribution >= 0.6 is 11.6 Å². The minimum absolute atomic E-state index is 0.0478. The summed E-state index contributed by atoms with van der Waals surface area (Å²) in [5.41, 5.74) is 7.01. The number of carbonyl (C=O) groups is 1. The van der Waals surface area contributed by atoms with E-state index in [1.54, 1.807) is 6.34 Å². The average Bonchev–Trinajstić information content (AvgIpc) is 3.35. The summed E-state index contributed by atoms with van der Waals surface area (Å²) in [6.45, 7) is 5.80. The fraction of sp³-hybridized carbons (Fsp3) is 0.310. The smallest absolute Gasteiger partial charge is 0.250 e. The van der Waals surface area contributed by atoms with E-state index >= 15 is 0 Å². The van der Waals surface area contributed by atoms with Gasteiger partial charge in [-0.15, -0.1) is 0 Å². The Morgan fingerprint density at radius 2 is 1.94 bits per heavy atom. The second-order valence-corrected chi connectivity index (χ2v) is 10.1. The Morgan fingerprint density at radius 1 is 1.14 bits per heavy atom. The summed E-state index contributed by atoms with van der Waals surface area (Å²) < 4.78 is 0. The summed E-state index contributed by atoms with van der Waals surface area (Å²) in [6, 6.07) is 20.2. The topological polar surface area (TPSA) is 47.9 Å². The maximum atomic E-state index is 14.1. The molecule has 0 bridgehead atoms. The van der Waals surface area contributed by atoms with Crippen LogP contribution in [0.2, 0.25) is 5.02 Å². The van der Waals surface area contributed by atoms with E-state index in [0.29, 0.717) is 17.6 Å². The number of anilines is 1. The number of carbonyl (C=O) groups excluding carboxylic acids is 1. The van der Waals surface area contributed by atoms with Gasteiger partial charge < -0.3 is 15.1 Å². The molecule has 5 rings (SSSR count).